The van der Waals surface area contributed by atoms with Crippen molar-refractivity contribution in [3.05, 3.63) is 29.0 Å². The highest BCUT2D eigenvalue weighted by Crippen LogP contribution is 2.32. The van der Waals surface area contributed by atoms with E-state index >= 15 is 0 Å². The normalized spacial score (nSPS) is 23.3. The number of benzene rings is 1. The molecular weight excluding hydrogens is 258 g/mol. The Morgan fingerprint density at radius 1 is 1.47 bits per heavy atom. The molecule has 0 radical (unpaired) electrons. The van der Waals surface area contributed by atoms with Crippen LogP contribution in [0.15, 0.2) is 18.2 Å². The number of aromatic nitrogens is 2. The Labute approximate surface area is 119 Å². The average molecular weight is 278 g/mol. The van der Waals surface area contributed by atoms with Crippen LogP contribution in [0.1, 0.15) is 38.4 Å². The fraction of sp³-hybridized carbons (Fsp3) is 0.533. The van der Waals surface area contributed by atoms with Crippen LogP contribution in [0.25, 0.3) is 11.0 Å². The van der Waals surface area contributed by atoms with Crippen LogP contribution in [-0.4, -0.2) is 22.1 Å². The molecule has 0 amide bonds. The molecule has 2 unspecified atom stereocenters. The number of hydrogen-bond donors (Lipinski definition) is 1. The van der Waals surface area contributed by atoms with Crippen molar-refractivity contribution in [3.63, 3.8) is 0 Å². The van der Waals surface area contributed by atoms with Crippen LogP contribution in [0, 0.1) is 0 Å². The summed E-state index contributed by atoms with van der Waals surface area (Å²) in [5.41, 5.74) is 2.12. The number of rotatable bonds is 3. The van der Waals surface area contributed by atoms with E-state index < -0.39 is 0 Å². The van der Waals surface area contributed by atoms with Crippen LogP contribution in [0.2, 0.25) is 5.02 Å². The molecule has 1 N–H and O–H groups in total. The zero-order valence-electron chi connectivity index (χ0n) is 11.5. The first-order chi connectivity index (χ1) is 9.22. The second kappa shape index (κ2) is 5.14. The summed E-state index contributed by atoms with van der Waals surface area (Å²) < 4.78 is 2.33. The Bertz CT molecular complexity index is 590. The lowest BCUT2D eigenvalue weighted by Crippen LogP contribution is -2.23. The predicted molar refractivity (Wildman–Crippen MR) is 79.9 cm³/mol. The molecule has 0 spiro atoms. The Kier molecular flexibility index (Phi) is 3.50. The number of nitrogens with one attached hydrogen (secondary N) is 1. The van der Waals surface area contributed by atoms with Gasteiger partial charge in [0.05, 0.1) is 16.1 Å². The molecule has 1 aromatic carbocycles. The Morgan fingerprint density at radius 3 is 3.00 bits per heavy atom. The molecule has 2 atom stereocenters. The van der Waals surface area contributed by atoms with Gasteiger partial charge in [-0.3, -0.25) is 0 Å². The van der Waals surface area contributed by atoms with Gasteiger partial charge in [0, 0.05) is 18.5 Å². The van der Waals surface area contributed by atoms with E-state index in [1.54, 1.807) is 0 Å². The standard InChI is InChI=1S/C15H20ClN3/c1-3-9-19-14-12(16)5-4-6-13(14)18-15(19)11-7-8-17-10(11)2/h4-6,10-11,17H,3,7-9H2,1-2H3. The summed E-state index contributed by atoms with van der Waals surface area (Å²) >= 11 is 6.38. The molecule has 3 rings (SSSR count). The number of hydrogen-bond acceptors (Lipinski definition) is 2. The maximum Gasteiger partial charge on any atom is 0.114 e. The molecule has 2 aromatic rings. The highest BCUT2D eigenvalue weighted by molar-refractivity contribution is 6.35. The molecule has 1 aliphatic heterocycles. The monoisotopic (exact) mass is 277 g/mol. The van der Waals surface area contributed by atoms with Crippen molar-refractivity contribution in [1.82, 2.24) is 14.9 Å². The van der Waals surface area contributed by atoms with Gasteiger partial charge in [-0.05, 0) is 38.4 Å². The third-order valence-electron chi connectivity index (χ3n) is 4.05. The van der Waals surface area contributed by atoms with Gasteiger partial charge < -0.3 is 9.88 Å². The Morgan fingerprint density at radius 2 is 2.32 bits per heavy atom. The molecule has 3 nitrogen and oxygen atoms in total. The summed E-state index contributed by atoms with van der Waals surface area (Å²) in [6.45, 7) is 6.51. The summed E-state index contributed by atoms with van der Waals surface area (Å²) in [7, 11) is 0. The first-order valence-electron chi connectivity index (χ1n) is 7.10. The van der Waals surface area contributed by atoms with Crippen molar-refractivity contribution < 1.29 is 0 Å². The minimum atomic E-state index is 0.492. The van der Waals surface area contributed by atoms with E-state index in [0.717, 1.165) is 42.0 Å². The SMILES string of the molecule is CCCn1c(C2CCNC2C)nc2cccc(Cl)c21. The second-order valence-corrected chi connectivity index (χ2v) is 5.77. The number of imidazole rings is 1. The lowest BCUT2D eigenvalue weighted by molar-refractivity contribution is 0.532. The van der Waals surface area contributed by atoms with E-state index in [1.807, 2.05) is 12.1 Å². The van der Waals surface area contributed by atoms with Crippen LogP contribution >= 0.6 is 11.6 Å². The van der Waals surface area contributed by atoms with Gasteiger partial charge in [0.15, 0.2) is 0 Å². The molecular formula is C15H20ClN3. The number of fused-ring (bicyclic) bond motifs is 1. The zero-order chi connectivity index (χ0) is 13.4. The van der Waals surface area contributed by atoms with Gasteiger partial charge in [-0.25, -0.2) is 4.98 Å². The Balaban J connectivity index is 2.17. The molecule has 1 saturated heterocycles. The summed E-state index contributed by atoms with van der Waals surface area (Å²) in [6.07, 6.45) is 2.25. The molecule has 19 heavy (non-hydrogen) atoms. The smallest absolute Gasteiger partial charge is 0.114 e. The maximum absolute atomic E-state index is 6.38. The van der Waals surface area contributed by atoms with E-state index in [4.69, 9.17) is 16.6 Å². The molecule has 1 aliphatic rings. The van der Waals surface area contributed by atoms with Gasteiger partial charge in [0.1, 0.15) is 5.82 Å². The average Bonchev–Trinajstić information content (AvgIpc) is 2.95. The van der Waals surface area contributed by atoms with E-state index in [-0.39, 0.29) is 0 Å². The molecule has 2 heterocycles. The predicted octanol–water partition coefficient (Wildman–Crippen LogP) is 3.57. The molecule has 102 valence electrons. The van der Waals surface area contributed by atoms with Crippen LogP contribution < -0.4 is 5.32 Å². The van der Waals surface area contributed by atoms with Crippen molar-refractivity contribution in [1.29, 1.82) is 0 Å². The molecule has 0 aliphatic carbocycles. The number of nitrogens with zero attached hydrogens (tertiary/aromatic N) is 2. The third-order valence-corrected chi connectivity index (χ3v) is 4.36. The molecule has 0 bridgehead atoms. The van der Waals surface area contributed by atoms with Crippen molar-refractivity contribution in [2.45, 2.75) is 45.2 Å². The van der Waals surface area contributed by atoms with Crippen molar-refractivity contribution in [3.8, 4) is 0 Å². The maximum atomic E-state index is 6.38. The lowest BCUT2D eigenvalue weighted by atomic mass is 10.0. The number of para-hydroxylation sites is 1. The molecule has 1 aromatic heterocycles. The minimum absolute atomic E-state index is 0.492. The van der Waals surface area contributed by atoms with Crippen LogP contribution in [0.3, 0.4) is 0 Å². The minimum Gasteiger partial charge on any atom is -0.326 e. The number of halogens is 1. The molecule has 0 saturated carbocycles. The summed E-state index contributed by atoms with van der Waals surface area (Å²) in [6, 6.07) is 6.49. The molecule has 1 fully saturated rings. The van der Waals surface area contributed by atoms with Crippen molar-refractivity contribution in [2.24, 2.45) is 0 Å². The highest BCUT2D eigenvalue weighted by Gasteiger charge is 2.29. The van der Waals surface area contributed by atoms with Crippen molar-refractivity contribution >= 4 is 22.6 Å². The van der Waals surface area contributed by atoms with Gasteiger partial charge in [-0.15, -0.1) is 0 Å². The quantitative estimate of drug-likeness (QED) is 0.930. The number of aryl methyl sites for hydroxylation is 1. The van der Waals surface area contributed by atoms with Crippen LogP contribution in [0.4, 0.5) is 0 Å². The summed E-state index contributed by atoms with van der Waals surface area (Å²) in [4.78, 5) is 4.86. The van der Waals surface area contributed by atoms with Gasteiger partial charge in [0.25, 0.3) is 0 Å². The third kappa shape index (κ3) is 2.15. The van der Waals surface area contributed by atoms with Gasteiger partial charge in [-0.2, -0.15) is 0 Å². The largest absolute Gasteiger partial charge is 0.326 e. The van der Waals surface area contributed by atoms with Gasteiger partial charge >= 0.3 is 0 Å². The first kappa shape index (κ1) is 12.9. The lowest BCUT2D eigenvalue weighted by Gasteiger charge is -2.17. The van der Waals surface area contributed by atoms with Gasteiger partial charge in [0.2, 0.25) is 0 Å². The first-order valence-corrected chi connectivity index (χ1v) is 7.48. The second-order valence-electron chi connectivity index (χ2n) is 5.37. The van der Waals surface area contributed by atoms with Crippen molar-refractivity contribution in [2.75, 3.05) is 6.54 Å². The van der Waals surface area contributed by atoms with Gasteiger partial charge in [-0.1, -0.05) is 24.6 Å². The fourth-order valence-corrected chi connectivity index (χ4v) is 3.38. The van der Waals surface area contributed by atoms with Crippen LogP contribution in [-0.2, 0) is 6.54 Å². The van der Waals surface area contributed by atoms with E-state index in [1.165, 1.54) is 5.82 Å². The van der Waals surface area contributed by atoms with E-state index in [2.05, 4.69) is 29.8 Å². The fourth-order valence-electron chi connectivity index (χ4n) is 3.10. The van der Waals surface area contributed by atoms with E-state index in [0.29, 0.717) is 12.0 Å². The highest BCUT2D eigenvalue weighted by atomic mass is 35.5. The topological polar surface area (TPSA) is 29.9 Å². The summed E-state index contributed by atoms with van der Waals surface area (Å²) in [5, 5.41) is 4.32. The molecule has 4 heteroatoms. The van der Waals surface area contributed by atoms with E-state index in [9.17, 15) is 0 Å². The zero-order valence-corrected chi connectivity index (χ0v) is 12.2. The summed E-state index contributed by atoms with van der Waals surface area (Å²) in [5.74, 6) is 1.69. The van der Waals surface area contributed by atoms with Crippen LogP contribution in [0.5, 0.6) is 0 Å². The Hall–Kier alpha value is -1.06.